The summed E-state index contributed by atoms with van der Waals surface area (Å²) < 4.78 is 0. The molecule has 1 aromatic heterocycles. The van der Waals surface area contributed by atoms with Crippen LogP contribution in [0.2, 0.25) is 0 Å². The van der Waals surface area contributed by atoms with Gasteiger partial charge in [-0.25, -0.2) is 5.06 Å². The van der Waals surface area contributed by atoms with Gasteiger partial charge in [-0.2, -0.15) is 0 Å². The van der Waals surface area contributed by atoms with E-state index in [4.69, 9.17) is 10.6 Å². The predicted octanol–water partition coefficient (Wildman–Crippen LogP) is 1.50. The molecule has 2 N–H and O–H groups in total. The summed E-state index contributed by atoms with van der Waals surface area (Å²) in [5.74, 6) is -0.114. The van der Waals surface area contributed by atoms with E-state index in [1.807, 2.05) is 5.38 Å². The van der Waals surface area contributed by atoms with E-state index in [2.05, 4.69) is 0 Å². The lowest BCUT2D eigenvalue weighted by Crippen LogP contribution is -2.35. The lowest BCUT2D eigenvalue weighted by Gasteiger charge is -2.25. The highest BCUT2D eigenvalue weighted by Crippen LogP contribution is 2.22. The van der Waals surface area contributed by atoms with E-state index in [-0.39, 0.29) is 5.91 Å². The van der Waals surface area contributed by atoms with E-state index in [1.165, 1.54) is 16.4 Å². The van der Waals surface area contributed by atoms with E-state index in [0.717, 1.165) is 12.8 Å². The van der Waals surface area contributed by atoms with Gasteiger partial charge in [0.15, 0.2) is 0 Å². The van der Waals surface area contributed by atoms with Crippen LogP contribution >= 0.6 is 11.3 Å². The third kappa shape index (κ3) is 1.73. The van der Waals surface area contributed by atoms with Gasteiger partial charge in [0.1, 0.15) is 4.88 Å². The van der Waals surface area contributed by atoms with Crippen LogP contribution in [0.3, 0.4) is 0 Å². The van der Waals surface area contributed by atoms with Crippen molar-refractivity contribution in [1.29, 1.82) is 0 Å². The Balaban J connectivity index is 2.11. The van der Waals surface area contributed by atoms with Gasteiger partial charge in [0.05, 0.1) is 12.3 Å². The molecule has 0 aromatic carbocycles. The molecule has 76 valence electrons. The third-order valence-corrected chi connectivity index (χ3v) is 3.04. The Hall–Kier alpha value is -1.07. The van der Waals surface area contributed by atoms with Crippen LogP contribution in [0.5, 0.6) is 0 Å². The van der Waals surface area contributed by atoms with Gasteiger partial charge in [-0.3, -0.25) is 9.63 Å². The molecule has 1 aliphatic rings. The first-order valence-electron chi connectivity index (χ1n) is 4.57. The van der Waals surface area contributed by atoms with E-state index < -0.39 is 0 Å². The van der Waals surface area contributed by atoms with Crippen LogP contribution < -0.4 is 5.73 Å². The highest BCUT2D eigenvalue weighted by atomic mass is 32.1. The summed E-state index contributed by atoms with van der Waals surface area (Å²) in [7, 11) is 0. The Morgan fingerprint density at radius 1 is 1.57 bits per heavy atom. The molecule has 2 rings (SSSR count). The first kappa shape index (κ1) is 9.48. The zero-order chi connectivity index (χ0) is 9.97. The van der Waals surface area contributed by atoms with Crippen molar-refractivity contribution in [3.63, 3.8) is 0 Å². The van der Waals surface area contributed by atoms with Gasteiger partial charge in [-0.05, 0) is 24.3 Å². The predicted molar refractivity (Wildman–Crippen MR) is 55.0 cm³/mol. The van der Waals surface area contributed by atoms with Crippen LogP contribution in [0.1, 0.15) is 22.5 Å². The number of thiophene rings is 1. The Morgan fingerprint density at radius 2 is 2.43 bits per heavy atom. The van der Waals surface area contributed by atoms with Crippen molar-refractivity contribution < 1.29 is 9.63 Å². The van der Waals surface area contributed by atoms with Crippen LogP contribution in [-0.4, -0.2) is 24.1 Å². The van der Waals surface area contributed by atoms with Gasteiger partial charge in [-0.1, -0.05) is 0 Å². The maximum Gasteiger partial charge on any atom is 0.289 e. The number of amides is 1. The van der Waals surface area contributed by atoms with Gasteiger partial charge in [0, 0.05) is 6.54 Å². The Bertz CT molecular complexity index is 331. The van der Waals surface area contributed by atoms with Crippen LogP contribution in [0.25, 0.3) is 0 Å². The molecule has 0 spiro atoms. The summed E-state index contributed by atoms with van der Waals surface area (Å²) in [4.78, 5) is 17.6. The summed E-state index contributed by atoms with van der Waals surface area (Å²) in [6, 6.07) is 1.74. The molecule has 1 aromatic rings. The zero-order valence-corrected chi connectivity index (χ0v) is 8.55. The number of carbonyl (C=O) groups is 1. The number of hydrogen-bond acceptors (Lipinski definition) is 4. The molecule has 0 unspecified atom stereocenters. The minimum atomic E-state index is -0.114. The Morgan fingerprint density at radius 3 is 3.00 bits per heavy atom. The standard InChI is InChI=1S/C9H12N2O2S/c10-7-3-6-14-8(7)9(12)11-4-1-2-5-13-11/h3,6H,1-2,4-5,10H2. The quantitative estimate of drug-likeness (QED) is 0.767. The topological polar surface area (TPSA) is 55.6 Å². The lowest BCUT2D eigenvalue weighted by molar-refractivity contribution is -0.143. The summed E-state index contributed by atoms with van der Waals surface area (Å²) in [5, 5.41) is 3.22. The second kappa shape index (κ2) is 3.98. The van der Waals surface area contributed by atoms with Gasteiger partial charge in [-0.15, -0.1) is 11.3 Å². The maximum absolute atomic E-state index is 11.8. The largest absolute Gasteiger partial charge is 0.397 e. The fourth-order valence-electron chi connectivity index (χ4n) is 1.36. The molecule has 0 radical (unpaired) electrons. The fraction of sp³-hybridized carbons (Fsp3) is 0.444. The summed E-state index contributed by atoms with van der Waals surface area (Å²) in [6.07, 6.45) is 2.01. The Labute approximate surface area is 86.2 Å². The average Bonchev–Trinajstić information content (AvgIpc) is 2.65. The number of nitrogens with two attached hydrogens (primary N) is 1. The van der Waals surface area contributed by atoms with Gasteiger partial charge < -0.3 is 5.73 Å². The molecule has 1 saturated heterocycles. The minimum absolute atomic E-state index is 0.114. The summed E-state index contributed by atoms with van der Waals surface area (Å²) >= 11 is 1.36. The highest BCUT2D eigenvalue weighted by molar-refractivity contribution is 7.12. The molecule has 14 heavy (non-hydrogen) atoms. The third-order valence-electron chi connectivity index (χ3n) is 2.12. The SMILES string of the molecule is Nc1ccsc1C(=O)N1CCCCO1. The number of nitrogens with zero attached hydrogens (tertiary/aromatic N) is 1. The molecular formula is C9H12N2O2S. The van der Waals surface area contributed by atoms with E-state index >= 15 is 0 Å². The first-order chi connectivity index (χ1) is 6.79. The first-order valence-corrected chi connectivity index (χ1v) is 5.45. The van der Waals surface area contributed by atoms with Crippen molar-refractivity contribution in [3.8, 4) is 0 Å². The molecule has 4 nitrogen and oxygen atoms in total. The number of hydrogen-bond donors (Lipinski definition) is 1. The Kier molecular flexibility index (Phi) is 2.69. The molecule has 0 saturated carbocycles. The fourth-order valence-corrected chi connectivity index (χ4v) is 2.12. The van der Waals surface area contributed by atoms with Crippen molar-refractivity contribution in [2.75, 3.05) is 18.9 Å². The molecule has 0 aliphatic carbocycles. The van der Waals surface area contributed by atoms with Crippen LogP contribution in [0, 0.1) is 0 Å². The van der Waals surface area contributed by atoms with E-state index in [0.29, 0.717) is 23.7 Å². The van der Waals surface area contributed by atoms with Crippen LogP contribution in [-0.2, 0) is 4.84 Å². The normalized spacial score (nSPS) is 17.0. The summed E-state index contributed by atoms with van der Waals surface area (Å²) in [6.45, 7) is 1.28. The molecule has 5 heteroatoms. The van der Waals surface area contributed by atoms with Crippen molar-refractivity contribution in [3.05, 3.63) is 16.3 Å². The average molecular weight is 212 g/mol. The number of rotatable bonds is 1. The molecule has 0 atom stereocenters. The van der Waals surface area contributed by atoms with Crippen molar-refractivity contribution in [2.24, 2.45) is 0 Å². The second-order valence-electron chi connectivity index (χ2n) is 3.15. The molecular weight excluding hydrogens is 200 g/mol. The molecule has 1 amide bonds. The number of anilines is 1. The van der Waals surface area contributed by atoms with Crippen molar-refractivity contribution in [2.45, 2.75) is 12.8 Å². The maximum atomic E-state index is 11.8. The van der Waals surface area contributed by atoms with Crippen LogP contribution in [0.15, 0.2) is 11.4 Å². The molecule has 2 heterocycles. The number of hydroxylamine groups is 2. The van der Waals surface area contributed by atoms with Gasteiger partial charge in [0.25, 0.3) is 5.91 Å². The highest BCUT2D eigenvalue weighted by Gasteiger charge is 2.21. The lowest BCUT2D eigenvalue weighted by atomic mass is 10.3. The molecule has 0 bridgehead atoms. The molecule has 1 aliphatic heterocycles. The van der Waals surface area contributed by atoms with Gasteiger partial charge >= 0.3 is 0 Å². The smallest absolute Gasteiger partial charge is 0.289 e. The van der Waals surface area contributed by atoms with Crippen molar-refractivity contribution in [1.82, 2.24) is 5.06 Å². The van der Waals surface area contributed by atoms with Gasteiger partial charge in [0.2, 0.25) is 0 Å². The summed E-state index contributed by atoms with van der Waals surface area (Å²) in [5.41, 5.74) is 6.19. The van der Waals surface area contributed by atoms with Crippen LogP contribution in [0.4, 0.5) is 5.69 Å². The number of nitrogen functional groups attached to an aromatic ring is 1. The zero-order valence-electron chi connectivity index (χ0n) is 7.73. The second-order valence-corrected chi connectivity index (χ2v) is 4.07. The van der Waals surface area contributed by atoms with Crippen molar-refractivity contribution >= 4 is 22.9 Å². The van der Waals surface area contributed by atoms with E-state index in [1.54, 1.807) is 6.07 Å². The number of carbonyl (C=O) groups excluding carboxylic acids is 1. The van der Waals surface area contributed by atoms with E-state index in [9.17, 15) is 4.79 Å². The monoisotopic (exact) mass is 212 g/mol. The minimum Gasteiger partial charge on any atom is -0.397 e. The molecule has 1 fully saturated rings.